The summed E-state index contributed by atoms with van der Waals surface area (Å²) in [5.41, 5.74) is 2.87. The second kappa shape index (κ2) is 8.97. The molecule has 3 amide bonds. The van der Waals surface area contributed by atoms with Crippen molar-refractivity contribution in [3.05, 3.63) is 59.4 Å². The van der Waals surface area contributed by atoms with E-state index >= 15 is 0 Å². The summed E-state index contributed by atoms with van der Waals surface area (Å²) in [5.74, 6) is 0.946. The zero-order valence-corrected chi connectivity index (χ0v) is 19.2. The molecule has 1 atom stereocenters. The molecule has 0 radical (unpaired) electrons. The van der Waals surface area contributed by atoms with Crippen molar-refractivity contribution in [3.8, 4) is 5.75 Å². The van der Waals surface area contributed by atoms with Gasteiger partial charge >= 0.3 is 0 Å². The van der Waals surface area contributed by atoms with Crippen molar-refractivity contribution in [2.45, 2.75) is 57.3 Å². The monoisotopic (exact) mass is 460 g/mol. The maximum absolute atomic E-state index is 12.6. The Morgan fingerprint density at radius 2 is 1.88 bits per heavy atom. The van der Waals surface area contributed by atoms with Gasteiger partial charge in [0.05, 0.1) is 5.41 Å². The van der Waals surface area contributed by atoms with Crippen LogP contribution >= 0.6 is 0 Å². The number of aryl methyl sites for hydroxylation is 2. The number of amides is 3. The number of carbonyl (C=O) groups excluding carboxylic acids is 3. The van der Waals surface area contributed by atoms with Gasteiger partial charge in [0.25, 0.3) is 5.91 Å². The number of benzene rings is 2. The third-order valence-corrected chi connectivity index (χ3v) is 7.09. The van der Waals surface area contributed by atoms with Crippen LogP contribution < -0.4 is 15.4 Å². The largest absolute Gasteiger partial charge is 0.484 e. The number of piperidine rings is 1. The fourth-order valence-electron chi connectivity index (χ4n) is 5.12. The van der Waals surface area contributed by atoms with Crippen LogP contribution in [0, 0.1) is 0 Å². The van der Waals surface area contributed by atoms with Gasteiger partial charge in [-0.15, -0.1) is 0 Å². The summed E-state index contributed by atoms with van der Waals surface area (Å²) in [4.78, 5) is 36.6. The fourth-order valence-corrected chi connectivity index (χ4v) is 5.12. The van der Waals surface area contributed by atoms with Crippen molar-refractivity contribution in [3.63, 3.8) is 0 Å². The predicted octanol–water partition coefficient (Wildman–Crippen LogP) is 4.41. The zero-order chi connectivity index (χ0) is 23.7. The molecule has 1 aliphatic heterocycles. The number of nitrogens with one attached hydrogen (secondary N) is 2. The van der Waals surface area contributed by atoms with E-state index in [1.807, 2.05) is 37.3 Å². The summed E-state index contributed by atoms with van der Waals surface area (Å²) in [7, 11) is 0. The molecule has 176 valence electrons. The van der Waals surface area contributed by atoms with Gasteiger partial charge in [-0.05, 0) is 68.0 Å². The lowest BCUT2D eigenvalue weighted by Gasteiger charge is -2.35. The minimum atomic E-state index is -0.718. The van der Waals surface area contributed by atoms with Crippen LogP contribution in [0.5, 0.6) is 5.75 Å². The molecule has 5 rings (SSSR count). The summed E-state index contributed by atoms with van der Waals surface area (Å²) < 4.78 is 11.7. The number of hydrogen-bond acceptors (Lipinski definition) is 5. The summed E-state index contributed by atoms with van der Waals surface area (Å²) in [6.07, 6.45) is 5.71. The number of ether oxygens (including phenoxy) is 1. The molecule has 0 saturated carbocycles. The Balaban J connectivity index is 1.22. The quantitative estimate of drug-likeness (QED) is 0.531. The molecule has 2 aliphatic rings. The van der Waals surface area contributed by atoms with Crippen LogP contribution in [-0.2, 0) is 32.6 Å². The number of imide groups is 1. The van der Waals surface area contributed by atoms with Gasteiger partial charge < -0.3 is 14.5 Å². The van der Waals surface area contributed by atoms with Gasteiger partial charge in [0.2, 0.25) is 11.8 Å². The van der Waals surface area contributed by atoms with Crippen molar-refractivity contribution in [2.24, 2.45) is 0 Å². The highest BCUT2D eigenvalue weighted by Gasteiger charge is 2.42. The van der Waals surface area contributed by atoms with Crippen LogP contribution in [0.15, 0.2) is 46.9 Å². The van der Waals surface area contributed by atoms with E-state index < -0.39 is 5.41 Å². The molecule has 0 bridgehead atoms. The van der Waals surface area contributed by atoms with Crippen molar-refractivity contribution in [2.75, 3.05) is 11.9 Å². The molecule has 7 nitrogen and oxygen atoms in total. The molecule has 34 heavy (non-hydrogen) atoms. The molecule has 2 heterocycles. The fraction of sp³-hybridized carbons (Fsp3) is 0.370. The van der Waals surface area contributed by atoms with Crippen molar-refractivity contribution in [1.29, 1.82) is 0 Å². The van der Waals surface area contributed by atoms with Crippen LogP contribution in [0.4, 0.5) is 5.69 Å². The van der Waals surface area contributed by atoms with Crippen LogP contribution in [0.25, 0.3) is 11.0 Å². The van der Waals surface area contributed by atoms with Crippen molar-refractivity contribution in [1.82, 2.24) is 5.32 Å². The molecule has 1 fully saturated rings. The van der Waals surface area contributed by atoms with Crippen molar-refractivity contribution >= 4 is 34.4 Å². The Kier molecular flexibility index (Phi) is 5.86. The van der Waals surface area contributed by atoms with E-state index in [-0.39, 0.29) is 24.3 Å². The Bertz CT molecular complexity index is 1260. The molecule has 1 aromatic heterocycles. The first-order valence-corrected chi connectivity index (χ1v) is 11.9. The lowest BCUT2D eigenvalue weighted by atomic mass is 9.72. The first-order chi connectivity index (χ1) is 16.5. The third kappa shape index (κ3) is 4.06. The second-order valence-electron chi connectivity index (χ2n) is 9.10. The Morgan fingerprint density at radius 3 is 2.65 bits per heavy atom. The van der Waals surface area contributed by atoms with Gasteiger partial charge in [-0.2, -0.15) is 0 Å². The number of rotatable bonds is 6. The summed E-state index contributed by atoms with van der Waals surface area (Å²) in [5, 5.41) is 6.36. The zero-order valence-electron chi connectivity index (χ0n) is 19.2. The van der Waals surface area contributed by atoms with E-state index in [0.29, 0.717) is 30.7 Å². The highest BCUT2D eigenvalue weighted by Crippen LogP contribution is 2.36. The van der Waals surface area contributed by atoms with Gasteiger partial charge in [-0.3, -0.25) is 19.7 Å². The van der Waals surface area contributed by atoms with Crippen LogP contribution in [0.1, 0.15) is 55.9 Å². The first kappa shape index (κ1) is 22.2. The molecular formula is C27H28N2O5. The van der Waals surface area contributed by atoms with Crippen LogP contribution in [0.2, 0.25) is 0 Å². The molecule has 0 spiro atoms. The lowest BCUT2D eigenvalue weighted by Crippen LogP contribution is -2.51. The molecular weight excluding hydrogens is 432 g/mol. The summed E-state index contributed by atoms with van der Waals surface area (Å²) in [6, 6.07) is 12.9. The maximum atomic E-state index is 12.6. The average Bonchev–Trinajstić information content (AvgIpc) is 3.22. The molecule has 7 heteroatoms. The van der Waals surface area contributed by atoms with Crippen molar-refractivity contribution < 1.29 is 23.5 Å². The average molecular weight is 461 g/mol. The topological polar surface area (TPSA) is 97.6 Å². The van der Waals surface area contributed by atoms with Gasteiger partial charge in [-0.25, -0.2) is 0 Å². The number of furan rings is 1. The lowest BCUT2D eigenvalue weighted by molar-refractivity contribution is -0.138. The molecule has 1 aliphatic carbocycles. The van der Waals surface area contributed by atoms with E-state index in [9.17, 15) is 14.4 Å². The Labute approximate surface area is 197 Å². The van der Waals surface area contributed by atoms with Gasteiger partial charge in [0.1, 0.15) is 17.1 Å². The molecule has 3 aromatic rings. The summed E-state index contributed by atoms with van der Waals surface area (Å²) in [6.45, 7) is 1.83. The number of hydrogen-bond donors (Lipinski definition) is 2. The minimum absolute atomic E-state index is 0.114. The molecule has 1 saturated heterocycles. The van der Waals surface area contributed by atoms with Gasteiger partial charge in [0, 0.05) is 29.5 Å². The van der Waals surface area contributed by atoms with E-state index in [0.717, 1.165) is 48.0 Å². The second-order valence-corrected chi connectivity index (χ2v) is 9.10. The maximum Gasteiger partial charge on any atom is 0.262 e. The number of carbonyl (C=O) groups is 3. The number of anilines is 1. The normalized spacial score (nSPS) is 20.0. The van der Waals surface area contributed by atoms with E-state index in [2.05, 4.69) is 10.6 Å². The Morgan fingerprint density at radius 1 is 1.09 bits per heavy atom. The molecule has 2 N–H and O–H groups in total. The minimum Gasteiger partial charge on any atom is -0.484 e. The molecule has 2 aromatic carbocycles. The van der Waals surface area contributed by atoms with E-state index in [4.69, 9.17) is 9.15 Å². The van der Waals surface area contributed by atoms with Crippen LogP contribution in [-0.4, -0.2) is 24.3 Å². The van der Waals surface area contributed by atoms with Crippen LogP contribution in [0.3, 0.4) is 0 Å². The van der Waals surface area contributed by atoms with Gasteiger partial charge in [-0.1, -0.05) is 19.1 Å². The number of fused-ring (bicyclic) bond motifs is 3. The standard InChI is InChI=1S/C27H28N2O5/c1-2-27(14-13-24(30)29-26(27)32)17-7-9-18(10-8-17)28-25(31)16-33-19-11-12-23-21(15-19)20-5-3-4-6-22(20)34-23/h7-12,15H,2-6,13-14,16H2,1H3,(H,28,31)(H,29,30,32). The SMILES string of the molecule is CCC1(c2ccc(NC(=O)COc3ccc4oc5c(c4c3)CCCC5)cc2)CCC(=O)NC1=O. The van der Waals surface area contributed by atoms with E-state index in [1.165, 1.54) is 5.56 Å². The third-order valence-electron chi connectivity index (χ3n) is 7.09. The smallest absolute Gasteiger partial charge is 0.262 e. The predicted molar refractivity (Wildman–Crippen MR) is 128 cm³/mol. The highest BCUT2D eigenvalue weighted by molar-refractivity contribution is 6.03. The summed E-state index contributed by atoms with van der Waals surface area (Å²) >= 11 is 0. The molecule has 1 unspecified atom stereocenters. The highest BCUT2D eigenvalue weighted by atomic mass is 16.5. The van der Waals surface area contributed by atoms with E-state index in [1.54, 1.807) is 12.1 Å². The first-order valence-electron chi connectivity index (χ1n) is 11.9. The Hall–Kier alpha value is -3.61. The van der Waals surface area contributed by atoms with Gasteiger partial charge in [0.15, 0.2) is 6.61 Å².